The van der Waals surface area contributed by atoms with E-state index in [2.05, 4.69) is 64.3 Å². The fourth-order valence-corrected chi connectivity index (χ4v) is 5.65. The van der Waals surface area contributed by atoms with E-state index in [4.69, 9.17) is 0 Å². The van der Waals surface area contributed by atoms with E-state index in [1.54, 1.807) is 6.33 Å². The molecule has 3 aromatic rings. The summed E-state index contributed by atoms with van der Waals surface area (Å²) in [5.74, 6) is 0.596. The van der Waals surface area contributed by atoms with Gasteiger partial charge < -0.3 is 4.90 Å². The highest BCUT2D eigenvalue weighted by atomic mass is 32.2. The van der Waals surface area contributed by atoms with E-state index >= 15 is 0 Å². The molecule has 2 aromatic heterocycles. The molecule has 146 valence electrons. The molecule has 7 heteroatoms. The van der Waals surface area contributed by atoms with Gasteiger partial charge in [-0.05, 0) is 51.6 Å². The fraction of sp³-hybridized carbons (Fsp3) is 0.429. The molecular weight excluding hydrogens is 388 g/mol. The molecule has 2 atom stereocenters. The highest BCUT2D eigenvalue weighted by Crippen LogP contribution is 2.35. The van der Waals surface area contributed by atoms with E-state index in [0.717, 1.165) is 39.3 Å². The van der Waals surface area contributed by atoms with E-state index in [0.29, 0.717) is 17.8 Å². The Hall–Kier alpha value is -1.99. The lowest BCUT2D eigenvalue weighted by Gasteiger charge is -2.39. The van der Waals surface area contributed by atoms with Crippen molar-refractivity contribution in [3.63, 3.8) is 0 Å². The molecule has 0 unspecified atom stereocenters. The average Bonchev–Trinajstić information content (AvgIpc) is 3.11. The molecule has 1 aromatic carbocycles. The minimum absolute atomic E-state index is 0.194. The molecule has 0 bridgehead atoms. The number of benzene rings is 1. The van der Waals surface area contributed by atoms with Crippen LogP contribution < -0.4 is 0 Å². The zero-order valence-corrected chi connectivity index (χ0v) is 18.0. The van der Waals surface area contributed by atoms with Gasteiger partial charge in [0.1, 0.15) is 27.3 Å². The number of nitrogens with zero attached hydrogens (tertiary/aromatic N) is 4. The molecule has 1 amide bonds. The van der Waals surface area contributed by atoms with Crippen molar-refractivity contribution in [2.24, 2.45) is 0 Å². The Morgan fingerprint density at radius 1 is 1.18 bits per heavy atom. The third-order valence-electron chi connectivity index (χ3n) is 5.36. The largest absolute Gasteiger partial charge is 0.337 e. The molecule has 1 aliphatic rings. The molecule has 0 spiro atoms. The van der Waals surface area contributed by atoms with Gasteiger partial charge in [0.15, 0.2) is 0 Å². The summed E-state index contributed by atoms with van der Waals surface area (Å²) in [4.78, 5) is 23.8. The Balaban J connectivity index is 1.55. The first-order valence-electron chi connectivity index (χ1n) is 9.66. The first kappa shape index (κ1) is 19.3. The van der Waals surface area contributed by atoms with Gasteiger partial charge in [-0.25, -0.2) is 9.97 Å². The number of thioether (sulfide) groups is 1. The lowest BCUT2D eigenvalue weighted by Crippen LogP contribution is -2.48. The molecule has 0 saturated carbocycles. The first-order chi connectivity index (χ1) is 13.5. The van der Waals surface area contributed by atoms with Crippen LogP contribution in [0, 0.1) is 6.92 Å². The van der Waals surface area contributed by atoms with Crippen LogP contribution in [-0.2, 0) is 4.79 Å². The molecule has 28 heavy (non-hydrogen) atoms. The monoisotopic (exact) mass is 412 g/mol. The van der Waals surface area contributed by atoms with Gasteiger partial charge in [-0.3, -0.25) is 4.79 Å². The fourth-order valence-electron chi connectivity index (χ4n) is 3.86. The van der Waals surface area contributed by atoms with E-state index in [1.807, 2.05) is 0 Å². The minimum Gasteiger partial charge on any atom is -0.337 e. The molecule has 5 nitrogen and oxygen atoms in total. The average molecular weight is 413 g/mol. The molecular formula is C21H24N4OS2. The Morgan fingerprint density at radius 3 is 2.61 bits per heavy atom. The van der Waals surface area contributed by atoms with E-state index < -0.39 is 0 Å². The predicted molar refractivity (Wildman–Crippen MR) is 116 cm³/mol. The number of amides is 1. The second-order valence-electron chi connectivity index (χ2n) is 7.47. The molecule has 3 heterocycles. The molecule has 0 aliphatic carbocycles. The number of hydrogen-bond acceptors (Lipinski definition) is 6. The number of rotatable bonds is 4. The van der Waals surface area contributed by atoms with Gasteiger partial charge >= 0.3 is 0 Å². The summed E-state index contributed by atoms with van der Waals surface area (Å²) < 4.78 is 5.58. The number of aryl methyl sites for hydroxylation is 1. The number of carbonyl (C=O) groups is 1. The quantitative estimate of drug-likeness (QED) is 0.448. The zero-order valence-electron chi connectivity index (χ0n) is 16.4. The van der Waals surface area contributed by atoms with Gasteiger partial charge in [0.25, 0.3) is 0 Å². The van der Waals surface area contributed by atoms with Crippen LogP contribution in [-0.4, -0.2) is 43.0 Å². The van der Waals surface area contributed by atoms with Crippen LogP contribution in [0.4, 0.5) is 0 Å². The summed E-state index contributed by atoms with van der Waals surface area (Å²) in [7, 11) is 0. The number of piperidine rings is 1. The molecule has 4 rings (SSSR count). The van der Waals surface area contributed by atoms with Crippen LogP contribution in [0.15, 0.2) is 35.6 Å². The first-order valence-corrected chi connectivity index (χ1v) is 11.4. The number of hydrogen-bond donors (Lipinski definition) is 0. The topological polar surface area (TPSA) is 59.0 Å². The lowest BCUT2D eigenvalue weighted by molar-refractivity contribution is -0.134. The maximum atomic E-state index is 12.8. The number of fused-ring (bicyclic) bond motifs is 1. The van der Waals surface area contributed by atoms with Gasteiger partial charge in [-0.15, -0.1) is 0 Å². The Morgan fingerprint density at radius 2 is 1.89 bits per heavy atom. The number of carbonyl (C=O) groups excluding carboxylic acids is 1. The van der Waals surface area contributed by atoms with E-state index in [9.17, 15) is 4.79 Å². The summed E-state index contributed by atoms with van der Waals surface area (Å²) in [5, 5.41) is 0.839. The van der Waals surface area contributed by atoms with Crippen molar-refractivity contribution in [3.8, 4) is 11.3 Å². The summed E-state index contributed by atoms with van der Waals surface area (Å²) in [5.41, 5.74) is 4.01. The summed E-state index contributed by atoms with van der Waals surface area (Å²) in [6.07, 6.45) is 4.96. The van der Waals surface area contributed by atoms with Crippen molar-refractivity contribution in [3.05, 3.63) is 36.2 Å². The smallest absolute Gasteiger partial charge is 0.233 e. The zero-order chi connectivity index (χ0) is 19.7. The van der Waals surface area contributed by atoms with Crippen LogP contribution in [0.3, 0.4) is 0 Å². The number of aromatic nitrogens is 3. The van der Waals surface area contributed by atoms with Gasteiger partial charge in [-0.1, -0.05) is 41.6 Å². The second-order valence-corrected chi connectivity index (χ2v) is 9.21. The highest BCUT2D eigenvalue weighted by molar-refractivity contribution is 8.00. The minimum atomic E-state index is 0.194. The maximum Gasteiger partial charge on any atom is 0.233 e. The van der Waals surface area contributed by atoms with Crippen molar-refractivity contribution in [1.29, 1.82) is 0 Å². The van der Waals surface area contributed by atoms with Crippen molar-refractivity contribution < 1.29 is 4.79 Å². The molecule has 0 radical (unpaired) electrons. The van der Waals surface area contributed by atoms with E-state index in [1.165, 1.54) is 35.3 Å². The summed E-state index contributed by atoms with van der Waals surface area (Å²) in [6.45, 7) is 6.37. The standard InChI is InChI=1S/C21H24N4OS2/c1-13-7-9-16(10-8-13)18-19-20(28-24-18)21(23-12-22-19)27-11-17(26)25-14(2)5-4-6-15(25)3/h7-10,12,14-15H,4-6,11H2,1-3H3/t14-,15+. The normalized spacial score (nSPS) is 19.9. The van der Waals surface area contributed by atoms with E-state index in [-0.39, 0.29) is 5.91 Å². The number of likely N-dealkylation sites (tertiary alicyclic amines) is 1. The predicted octanol–water partition coefficient (Wildman–Crippen LogP) is 4.94. The Labute approximate surface area is 173 Å². The SMILES string of the molecule is Cc1ccc(-c2nsc3c(SCC(=O)N4[C@H](C)CCC[C@@H]4C)ncnc23)cc1. The van der Waals surface area contributed by atoms with Crippen molar-refractivity contribution in [2.75, 3.05) is 5.75 Å². The van der Waals surface area contributed by atoms with Gasteiger partial charge in [0, 0.05) is 17.6 Å². The maximum absolute atomic E-state index is 12.8. The van der Waals surface area contributed by atoms with Gasteiger partial charge in [0.2, 0.25) is 5.91 Å². The molecule has 0 N–H and O–H groups in total. The van der Waals surface area contributed by atoms with Crippen LogP contribution in [0.2, 0.25) is 0 Å². The highest BCUT2D eigenvalue weighted by Gasteiger charge is 2.29. The van der Waals surface area contributed by atoms with Crippen LogP contribution in [0.5, 0.6) is 0 Å². The molecule has 1 aliphatic heterocycles. The summed E-state index contributed by atoms with van der Waals surface area (Å²) >= 11 is 2.90. The Bertz CT molecular complexity index is 976. The third-order valence-corrected chi connectivity index (χ3v) is 7.31. The van der Waals surface area contributed by atoms with Crippen LogP contribution in [0.25, 0.3) is 21.5 Å². The molecule has 1 fully saturated rings. The van der Waals surface area contributed by atoms with Crippen molar-refractivity contribution >= 4 is 39.4 Å². The molecule has 1 saturated heterocycles. The van der Waals surface area contributed by atoms with Crippen molar-refractivity contribution in [1.82, 2.24) is 19.2 Å². The second kappa shape index (κ2) is 8.17. The van der Waals surface area contributed by atoms with Crippen LogP contribution in [0.1, 0.15) is 38.7 Å². The third kappa shape index (κ3) is 3.78. The Kier molecular flexibility index (Phi) is 5.64. The van der Waals surface area contributed by atoms with Gasteiger partial charge in [-0.2, -0.15) is 4.37 Å². The summed E-state index contributed by atoms with van der Waals surface area (Å²) in [6, 6.07) is 8.94. The lowest BCUT2D eigenvalue weighted by atomic mass is 9.98. The van der Waals surface area contributed by atoms with Gasteiger partial charge in [0.05, 0.1) is 5.75 Å². The van der Waals surface area contributed by atoms with Crippen LogP contribution >= 0.6 is 23.3 Å². The van der Waals surface area contributed by atoms with Crippen molar-refractivity contribution in [2.45, 2.75) is 57.1 Å².